The van der Waals surface area contributed by atoms with Gasteiger partial charge in [0.05, 0.1) is 22.4 Å². The first-order valence-electron chi connectivity index (χ1n) is 16.0. The van der Waals surface area contributed by atoms with Crippen LogP contribution in [0.1, 0.15) is 36.1 Å². The lowest BCUT2D eigenvalue weighted by atomic mass is 9.80. The second-order valence-electron chi connectivity index (χ2n) is 12.8. The van der Waals surface area contributed by atoms with Gasteiger partial charge in [0, 0.05) is 32.5 Å². The molecule has 9 rings (SSSR count). The second-order valence-corrected chi connectivity index (χ2v) is 12.8. The van der Waals surface area contributed by atoms with Crippen molar-refractivity contribution in [2.75, 3.05) is 0 Å². The zero-order valence-electron chi connectivity index (χ0n) is 26.2. The molecule has 8 aromatic rings. The molecule has 0 saturated heterocycles. The van der Waals surface area contributed by atoms with Crippen molar-refractivity contribution in [2.45, 2.75) is 19.3 Å². The molecule has 0 saturated carbocycles. The monoisotopic (exact) mass is 605 g/mol. The number of benzene rings is 6. The lowest BCUT2D eigenvalue weighted by Crippen LogP contribution is -2.15. The molecule has 47 heavy (non-hydrogen) atoms. The minimum absolute atomic E-state index is 0.149. The summed E-state index contributed by atoms with van der Waals surface area (Å²) in [7, 11) is 0. The molecule has 224 valence electrons. The molecular weight excluding hydrogens is 574 g/mol. The van der Waals surface area contributed by atoms with Crippen LogP contribution in [0.2, 0.25) is 0 Å². The molecule has 0 atom stereocenters. The van der Waals surface area contributed by atoms with Crippen molar-refractivity contribution >= 4 is 61.5 Å². The number of nitrogens with one attached hydrogen (secondary N) is 1. The minimum Gasteiger partial charge on any atom is -0.455 e. The van der Waals surface area contributed by atoms with E-state index < -0.39 is 0 Å². The molecule has 0 bridgehead atoms. The number of allylic oxidation sites excluding steroid dienone is 1. The predicted octanol–water partition coefficient (Wildman–Crippen LogP) is 11.0. The summed E-state index contributed by atoms with van der Waals surface area (Å²) < 4.78 is 8.64. The molecule has 0 unspecified atom stereocenters. The Balaban J connectivity index is 1.27. The molecule has 4 nitrogen and oxygen atoms in total. The van der Waals surface area contributed by atoms with Gasteiger partial charge in [-0.05, 0) is 58.2 Å². The summed E-state index contributed by atoms with van der Waals surface area (Å²) in [5.74, 6) is 0. The highest BCUT2D eigenvalue weighted by molar-refractivity contribution is 6.17. The van der Waals surface area contributed by atoms with Gasteiger partial charge in [-0.2, -0.15) is 0 Å². The van der Waals surface area contributed by atoms with E-state index in [0.717, 1.165) is 44.1 Å². The normalized spacial score (nSPS) is 14.0. The number of para-hydroxylation sites is 3. The van der Waals surface area contributed by atoms with E-state index in [1.807, 2.05) is 73.1 Å². The Morgan fingerprint density at radius 2 is 1.40 bits per heavy atom. The molecule has 0 spiro atoms. The third kappa shape index (κ3) is 4.08. The van der Waals surface area contributed by atoms with Crippen molar-refractivity contribution < 1.29 is 4.42 Å². The van der Waals surface area contributed by atoms with Crippen LogP contribution >= 0.6 is 0 Å². The van der Waals surface area contributed by atoms with Crippen LogP contribution in [0, 0.1) is 5.41 Å². The molecule has 0 aliphatic heterocycles. The highest BCUT2D eigenvalue weighted by atomic mass is 16.3. The van der Waals surface area contributed by atoms with E-state index in [2.05, 4.69) is 91.2 Å². The Labute approximate surface area is 272 Å². The van der Waals surface area contributed by atoms with E-state index in [1.165, 1.54) is 33.0 Å². The van der Waals surface area contributed by atoms with Gasteiger partial charge in [-0.25, -0.2) is 4.99 Å². The first-order chi connectivity index (χ1) is 23.0. The van der Waals surface area contributed by atoms with Gasteiger partial charge in [-0.1, -0.05) is 123 Å². The fraction of sp³-hybridized carbons (Fsp3) is 0.0698. The van der Waals surface area contributed by atoms with E-state index in [9.17, 15) is 0 Å². The lowest BCUT2D eigenvalue weighted by Gasteiger charge is -2.22. The zero-order valence-corrected chi connectivity index (χ0v) is 26.2. The highest BCUT2D eigenvalue weighted by Gasteiger charge is 2.37. The van der Waals surface area contributed by atoms with Crippen LogP contribution in [0.3, 0.4) is 0 Å². The molecule has 6 aromatic carbocycles. The largest absolute Gasteiger partial charge is 0.455 e. The Morgan fingerprint density at radius 1 is 0.681 bits per heavy atom. The smallest absolute Gasteiger partial charge is 0.144 e. The predicted molar refractivity (Wildman–Crippen MR) is 196 cm³/mol. The quantitative estimate of drug-likeness (QED) is 0.154. The Hall–Kier alpha value is -6.00. The van der Waals surface area contributed by atoms with Gasteiger partial charge in [-0.15, -0.1) is 0 Å². The molecule has 0 fully saturated rings. The zero-order chi connectivity index (χ0) is 31.7. The molecule has 2 aromatic heterocycles. The molecule has 1 aliphatic rings. The maximum absolute atomic E-state index is 9.04. The lowest BCUT2D eigenvalue weighted by molar-refractivity contribution is 0.666. The number of aliphatic imine (C=N–C) groups is 1. The number of rotatable bonds is 5. The number of furan rings is 1. The van der Waals surface area contributed by atoms with Gasteiger partial charge in [-0.3, -0.25) is 4.57 Å². The fourth-order valence-corrected chi connectivity index (χ4v) is 7.58. The van der Waals surface area contributed by atoms with Crippen LogP contribution < -0.4 is 0 Å². The topological polar surface area (TPSA) is 54.3 Å². The van der Waals surface area contributed by atoms with Gasteiger partial charge >= 0.3 is 0 Å². The number of aromatic nitrogens is 1. The van der Waals surface area contributed by atoms with E-state index in [0.29, 0.717) is 11.4 Å². The van der Waals surface area contributed by atoms with Crippen molar-refractivity contribution in [2.24, 2.45) is 4.99 Å². The van der Waals surface area contributed by atoms with E-state index in [1.54, 1.807) is 0 Å². The van der Waals surface area contributed by atoms with E-state index in [-0.39, 0.29) is 5.41 Å². The van der Waals surface area contributed by atoms with Crippen LogP contribution in [0.15, 0.2) is 149 Å². The van der Waals surface area contributed by atoms with Crippen LogP contribution in [0.4, 0.5) is 0 Å². The first kappa shape index (κ1) is 27.3. The molecule has 1 N–H and O–H groups in total. The molecule has 1 aliphatic carbocycles. The van der Waals surface area contributed by atoms with Crippen molar-refractivity contribution in [1.29, 1.82) is 5.41 Å². The SMILES string of the molecule is CC1(C)c2ccccc2-c2ccc3c(c21)c1ccccc1n3C=N/C(=C\C(=N)c1ccccc1)c1cccc2c1oc1ccccc12. The average Bonchev–Trinajstić information content (AvgIpc) is 3.73. The van der Waals surface area contributed by atoms with Crippen molar-refractivity contribution in [3.8, 4) is 11.1 Å². The van der Waals surface area contributed by atoms with Crippen LogP contribution in [0.25, 0.3) is 60.6 Å². The fourth-order valence-electron chi connectivity index (χ4n) is 7.58. The number of hydrogen-bond donors (Lipinski definition) is 1. The number of hydrogen-bond acceptors (Lipinski definition) is 3. The highest BCUT2D eigenvalue weighted by Crippen LogP contribution is 2.52. The summed E-state index contributed by atoms with van der Waals surface area (Å²) in [6.45, 7) is 4.67. The van der Waals surface area contributed by atoms with Crippen LogP contribution in [-0.2, 0) is 5.41 Å². The first-order valence-corrected chi connectivity index (χ1v) is 16.0. The van der Waals surface area contributed by atoms with E-state index >= 15 is 0 Å². The van der Waals surface area contributed by atoms with Crippen molar-refractivity contribution in [1.82, 2.24) is 4.57 Å². The summed E-state index contributed by atoms with van der Waals surface area (Å²) in [4.78, 5) is 5.19. The molecule has 0 amide bonds. The Bertz CT molecular complexity index is 2610. The third-order valence-corrected chi connectivity index (χ3v) is 9.75. The van der Waals surface area contributed by atoms with Gasteiger partial charge in [0.1, 0.15) is 17.5 Å². The van der Waals surface area contributed by atoms with Gasteiger partial charge in [0.25, 0.3) is 0 Å². The molecule has 2 heterocycles. The Morgan fingerprint density at radius 3 is 2.28 bits per heavy atom. The third-order valence-electron chi connectivity index (χ3n) is 9.75. The van der Waals surface area contributed by atoms with Crippen molar-refractivity contribution in [3.63, 3.8) is 0 Å². The minimum atomic E-state index is -0.149. The summed E-state index contributed by atoms with van der Waals surface area (Å²) in [6, 6.07) is 45.9. The van der Waals surface area contributed by atoms with E-state index in [4.69, 9.17) is 14.8 Å². The molecular formula is C43H31N3O. The molecule has 4 heteroatoms. The maximum Gasteiger partial charge on any atom is 0.144 e. The average molecular weight is 606 g/mol. The van der Waals surface area contributed by atoms with Crippen molar-refractivity contribution in [3.05, 3.63) is 162 Å². The summed E-state index contributed by atoms with van der Waals surface area (Å²) in [5, 5.41) is 13.6. The van der Waals surface area contributed by atoms with Crippen LogP contribution in [0.5, 0.6) is 0 Å². The maximum atomic E-state index is 9.04. The number of nitrogens with zero attached hydrogens (tertiary/aromatic N) is 2. The van der Waals surface area contributed by atoms with Gasteiger partial charge < -0.3 is 9.83 Å². The van der Waals surface area contributed by atoms with Gasteiger partial charge in [0.2, 0.25) is 0 Å². The van der Waals surface area contributed by atoms with Crippen LogP contribution in [-0.4, -0.2) is 16.6 Å². The summed E-state index contributed by atoms with van der Waals surface area (Å²) >= 11 is 0. The number of fused-ring (bicyclic) bond motifs is 10. The Kier molecular flexibility index (Phi) is 5.97. The van der Waals surface area contributed by atoms with Gasteiger partial charge in [0.15, 0.2) is 0 Å². The molecule has 0 radical (unpaired) electrons. The standard InChI is InChI=1S/C43H31N3O/c1-43(2)34-20-9-6-15-28(34)30-23-24-38-40(41(30)43)33-17-7-10-21-37(33)46(38)26-45-36(25-35(44)27-13-4-3-5-14-27)32-19-12-18-31-29-16-8-11-22-39(29)47-42(31)32/h3-26,44H,1-2H3/b36-25-,44-35?,45-26?. The summed E-state index contributed by atoms with van der Waals surface area (Å²) in [6.07, 6.45) is 3.76. The second kappa shape index (κ2) is 10.3. The summed E-state index contributed by atoms with van der Waals surface area (Å²) in [5.41, 5.74) is 11.7.